The molecule has 62 heavy (non-hydrogen) atoms. The van der Waals surface area contributed by atoms with Crippen molar-refractivity contribution in [3.8, 4) is 0 Å². The average molecular weight is 865 g/mol. The van der Waals surface area contributed by atoms with Gasteiger partial charge in [0, 0.05) is 74.0 Å². The molecule has 1 aliphatic rings. The molecule has 2 aromatic carbocycles. The Kier molecular flexibility index (Phi) is 22.1. The van der Waals surface area contributed by atoms with Gasteiger partial charge in [-0.3, -0.25) is 33.6 Å². The van der Waals surface area contributed by atoms with Gasteiger partial charge in [0.05, 0.1) is 12.0 Å². The monoisotopic (exact) mass is 864 g/mol. The van der Waals surface area contributed by atoms with Crippen LogP contribution in [0.25, 0.3) is 10.8 Å². The average Bonchev–Trinajstić information content (AvgIpc) is 3.23. The number of hydrogen-bond acceptors (Lipinski definition) is 10. The summed E-state index contributed by atoms with van der Waals surface area (Å²) in [4.78, 5) is 104. The Morgan fingerprint density at radius 3 is 1.95 bits per heavy atom. The molecule has 4 atom stereocenters. The zero-order valence-corrected chi connectivity index (χ0v) is 36.7. The number of anilines is 1. The van der Waals surface area contributed by atoms with E-state index in [1.165, 1.54) is 38.5 Å². The Labute approximate surface area is 364 Å². The van der Waals surface area contributed by atoms with E-state index in [9.17, 15) is 43.5 Å². The van der Waals surface area contributed by atoms with E-state index in [-0.39, 0.29) is 57.4 Å². The lowest BCUT2D eigenvalue weighted by molar-refractivity contribution is -0.142. The lowest BCUT2D eigenvalue weighted by atomic mass is 9.77. The molecule has 0 aromatic heterocycles. The highest BCUT2D eigenvalue weighted by atomic mass is 16.4. The van der Waals surface area contributed by atoms with Gasteiger partial charge < -0.3 is 42.1 Å². The van der Waals surface area contributed by atoms with Crippen molar-refractivity contribution in [2.24, 2.45) is 11.7 Å². The minimum absolute atomic E-state index is 0.00921. The summed E-state index contributed by atoms with van der Waals surface area (Å²) < 4.78 is 0. The van der Waals surface area contributed by atoms with Crippen molar-refractivity contribution in [2.45, 2.75) is 147 Å². The van der Waals surface area contributed by atoms with E-state index in [1.54, 1.807) is 18.2 Å². The Balaban J connectivity index is 1.59. The van der Waals surface area contributed by atoms with E-state index >= 15 is 0 Å². The molecule has 0 saturated heterocycles. The lowest BCUT2D eigenvalue weighted by Crippen LogP contribution is -2.52. The summed E-state index contributed by atoms with van der Waals surface area (Å²) in [6.07, 6.45) is 11.5. The fourth-order valence-corrected chi connectivity index (χ4v) is 7.75. The molecule has 0 aliphatic heterocycles. The Bertz CT molecular complexity index is 1840. The Morgan fingerprint density at radius 2 is 1.31 bits per heavy atom. The topological polar surface area (TPSA) is 254 Å². The number of aliphatic carboxylic acids is 2. The molecule has 0 spiro atoms. The molecule has 0 fully saturated rings. The third-order valence-corrected chi connectivity index (χ3v) is 11.3. The van der Waals surface area contributed by atoms with Crippen LogP contribution in [0.4, 0.5) is 5.69 Å². The first-order chi connectivity index (χ1) is 29.7. The maximum Gasteiger partial charge on any atom is 0.326 e. The fraction of sp³-hybridized carbons (Fsp3) is 0.609. The van der Waals surface area contributed by atoms with Gasteiger partial charge in [-0.25, -0.2) is 4.79 Å². The van der Waals surface area contributed by atoms with Crippen LogP contribution in [0.5, 0.6) is 0 Å². The quantitative estimate of drug-likeness (QED) is 0.0389. The van der Waals surface area contributed by atoms with Crippen LogP contribution < -0.4 is 31.9 Å². The Morgan fingerprint density at radius 1 is 0.661 bits per heavy atom. The summed E-state index contributed by atoms with van der Waals surface area (Å²) in [5.74, 6) is -6.36. The minimum atomic E-state index is -1.39. The maximum absolute atomic E-state index is 13.9. The fourth-order valence-electron chi connectivity index (χ4n) is 7.75. The van der Waals surface area contributed by atoms with Crippen LogP contribution in [0.3, 0.4) is 0 Å². The number of carboxylic acid groups (broad SMARTS) is 2. The molecular formula is C46H68N6O10. The molecule has 8 N–H and O–H groups in total. The number of rotatable bonds is 31. The normalized spacial score (nSPS) is 14.7. The molecule has 0 saturated carbocycles. The van der Waals surface area contributed by atoms with Crippen LogP contribution in [-0.4, -0.2) is 103 Å². The first-order valence-corrected chi connectivity index (χ1v) is 22.3. The van der Waals surface area contributed by atoms with E-state index in [4.69, 9.17) is 10.8 Å². The predicted octanol–water partition coefficient (Wildman–Crippen LogP) is 5.03. The van der Waals surface area contributed by atoms with Crippen molar-refractivity contribution in [1.29, 1.82) is 0 Å². The van der Waals surface area contributed by atoms with Crippen LogP contribution >= 0.6 is 0 Å². The molecule has 3 rings (SSSR count). The van der Waals surface area contributed by atoms with E-state index < -0.39 is 65.3 Å². The number of benzene rings is 2. The first-order valence-electron chi connectivity index (χ1n) is 22.3. The van der Waals surface area contributed by atoms with Crippen molar-refractivity contribution in [3.63, 3.8) is 0 Å². The number of unbranched alkanes of at least 4 members (excludes halogenated alkanes) is 9. The van der Waals surface area contributed by atoms with Crippen molar-refractivity contribution in [2.75, 3.05) is 32.1 Å². The first kappa shape index (κ1) is 51.0. The SMILES string of the molecule is CCCCCCCCCCCC(=O)NCCCC[C@H](N)C(=O)N[C@H](CCC1C(=O)c2cccc3c(N(C)C)ccc(c23)C1=O)C(=O)NCC[C@@H](NC(=O)CCCC(=O)O)C(=O)O. The summed E-state index contributed by atoms with van der Waals surface area (Å²) in [7, 11) is 3.74. The second-order valence-corrected chi connectivity index (χ2v) is 16.5. The molecule has 0 heterocycles. The summed E-state index contributed by atoms with van der Waals surface area (Å²) in [6, 6.07) is 5.15. The number of carboxylic acids is 2. The largest absolute Gasteiger partial charge is 0.481 e. The van der Waals surface area contributed by atoms with Crippen molar-refractivity contribution >= 4 is 63.6 Å². The smallest absolute Gasteiger partial charge is 0.326 e. The summed E-state index contributed by atoms with van der Waals surface area (Å²) >= 11 is 0. The van der Waals surface area contributed by atoms with Crippen LogP contribution in [0.15, 0.2) is 30.3 Å². The second kappa shape index (κ2) is 26.8. The van der Waals surface area contributed by atoms with Gasteiger partial charge in [-0.2, -0.15) is 0 Å². The maximum atomic E-state index is 13.9. The summed E-state index contributed by atoms with van der Waals surface area (Å²) in [6.45, 7) is 2.42. The number of Topliss-reactive ketones (excluding diaryl/α,β-unsaturated/α-hetero) is 2. The number of hydrogen-bond donors (Lipinski definition) is 7. The zero-order chi connectivity index (χ0) is 45.6. The van der Waals surface area contributed by atoms with Gasteiger partial charge in [0.25, 0.3) is 0 Å². The number of carbonyl (C=O) groups is 8. The Hall–Kier alpha value is -5.38. The van der Waals surface area contributed by atoms with Gasteiger partial charge in [0.2, 0.25) is 23.6 Å². The molecule has 16 nitrogen and oxygen atoms in total. The highest BCUT2D eigenvalue weighted by Crippen LogP contribution is 2.38. The van der Waals surface area contributed by atoms with E-state index in [2.05, 4.69) is 28.2 Å². The molecule has 1 unspecified atom stereocenters. The van der Waals surface area contributed by atoms with Gasteiger partial charge >= 0.3 is 11.9 Å². The standard InChI is InChI=1S/C46H68N6O10/c1-4-5-6-7-8-9-10-11-12-20-38(53)48-28-14-13-19-34(47)44(59)51-35(45(60)49-29-27-36(46(61)62)50-39(54)21-16-22-40(55)56)25-23-33-42(57)31-18-15-17-30-37(52(2)3)26-24-32(41(30)31)43(33)58/h15,17-18,24,26,33-36H,4-14,16,19-23,25,27-29,47H2,1-3H3,(H,48,53)(H,49,60)(H,50,54)(H,51,59)(H,55,56)(H,61,62)/t33?,34-,35+,36+/m0/s1. The molecule has 0 radical (unpaired) electrons. The van der Waals surface area contributed by atoms with Crippen molar-refractivity contribution < 1.29 is 48.6 Å². The van der Waals surface area contributed by atoms with Crippen LogP contribution in [0.2, 0.25) is 0 Å². The molecular weight excluding hydrogens is 797 g/mol. The number of nitrogens with one attached hydrogen (secondary N) is 4. The van der Waals surface area contributed by atoms with Gasteiger partial charge in [-0.15, -0.1) is 0 Å². The van der Waals surface area contributed by atoms with Crippen LogP contribution in [0, 0.1) is 5.92 Å². The highest BCUT2D eigenvalue weighted by Gasteiger charge is 2.37. The van der Waals surface area contributed by atoms with Gasteiger partial charge in [-0.1, -0.05) is 76.5 Å². The number of ketones is 2. The van der Waals surface area contributed by atoms with Crippen LogP contribution in [0.1, 0.15) is 150 Å². The molecule has 4 amide bonds. The van der Waals surface area contributed by atoms with Gasteiger partial charge in [-0.05, 0) is 63.5 Å². The highest BCUT2D eigenvalue weighted by molar-refractivity contribution is 6.30. The van der Waals surface area contributed by atoms with E-state index in [0.29, 0.717) is 42.3 Å². The van der Waals surface area contributed by atoms with Gasteiger partial charge in [0.15, 0.2) is 11.6 Å². The molecule has 16 heteroatoms. The molecule has 1 aliphatic carbocycles. The second-order valence-electron chi connectivity index (χ2n) is 16.5. The molecule has 0 bridgehead atoms. The van der Waals surface area contributed by atoms with Gasteiger partial charge in [0.1, 0.15) is 12.1 Å². The van der Waals surface area contributed by atoms with E-state index in [1.807, 2.05) is 31.1 Å². The number of amides is 4. The number of carbonyl (C=O) groups excluding carboxylic acids is 6. The third kappa shape index (κ3) is 16.5. The summed E-state index contributed by atoms with van der Waals surface area (Å²) in [5.41, 5.74) is 7.88. The number of nitrogens with two attached hydrogens (primary N) is 1. The lowest BCUT2D eigenvalue weighted by Gasteiger charge is -2.27. The van der Waals surface area contributed by atoms with Crippen molar-refractivity contribution in [1.82, 2.24) is 21.3 Å². The van der Waals surface area contributed by atoms with Crippen LogP contribution in [-0.2, 0) is 28.8 Å². The minimum Gasteiger partial charge on any atom is -0.481 e. The van der Waals surface area contributed by atoms with Crippen molar-refractivity contribution in [3.05, 3.63) is 41.5 Å². The molecule has 342 valence electrons. The van der Waals surface area contributed by atoms with E-state index in [0.717, 1.165) is 30.3 Å². The third-order valence-electron chi connectivity index (χ3n) is 11.3. The predicted molar refractivity (Wildman–Crippen MR) is 237 cm³/mol. The zero-order valence-electron chi connectivity index (χ0n) is 36.7. The molecule has 2 aromatic rings. The summed E-state index contributed by atoms with van der Waals surface area (Å²) in [5, 5.41) is 30.3. The number of nitrogens with zero attached hydrogens (tertiary/aromatic N) is 1.